The zero-order valence-electron chi connectivity index (χ0n) is 28.0. The number of primary amides is 2. The molecular weight excluding hydrogens is 692 g/mol. The van der Waals surface area contributed by atoms with Crippen LogP contribution >= 0.6 is 12.6 Å². The first-order valence-corrected chi connectivity index (χ1v) is 17.0. The van der Waals surface area contributed by atoms with Crippen molar-refractivity contribution >= 4 is 54.2 Å². The number of nitrogens with two attached hydrogens (primary N) is 2. The molecule has 3 aromatic carbocycles. The van der Waals surface area contributed by atoms with Crippen LogP contribution in [0.25, 0.3) is 11.1 Å². The van der Waals surface area contributed by atoms with Gasteiger partial charge in [-0.3, -0.25) is 24.0 Å². The molecule has 3 aromatic rings. The normalized spacial score (nSPS) is 13.9. The molecule has 0 fully saturated rings. The summed E-state index contributed by atoms with van der Waals surface area (Å²) in [4.78, 5) is 88.2. The Morgan fingerprint density at radius 1 is 0.673 bits per heavy atom. The highest BCUT2D eigenvalue weighted by Gasteiger charge is 2.33. The Kier molecular flexibility index (Phi) is 13.7. The molecule has 274 valence electrons. The molecule has 9 N–H and O–H groups in total. The molecule has 0 saturated heterocycles. The van der Waals surface area contributed by atoms with E-state index in [2.05, 4.69) is 33.9 Å². The molecule has 6 amide bonds. The number of carbonyl (C=O) groups is 7. The molecular formula is C36H40N6O9S. The van der Waals surface area contributed by atoms with Gasteiger partial charge < -0.3 is 42.6 Å². The summed E-state index contributed by atoms with van der Waals surface area (Å²) >= 11 is 3.89. The number of alkyl carbamates (subject to hydrolysis) is 1. The fraction of sp³-hybridized carbons (Fsp3) is 0.306. The molecule has 0 heterocycles. The van der Waals surface area contributed by atoms with Crippen molar-refractivity contribution in [1.29, 1.82) is 0 Å². The van der Waals surface area contributed by atoms with E-state index in [0.29, 0.717) is 5.56 Å². The van der Waals surface area contributed by atoms with Crippen molar-refractivity contribution in [3.05, 3.63) is 95.6 Å². The number of hydrogen-bond acceptors (Lipinski definition) is 9. The zero-order chi connectivity index (χ0) is 37.8. The first kappa shape index (κ1) is 38.9. The summed E-state index contributed by atoms with van der Waals surface area (Å²) in [6, 6.07) is 18.5. The van der Waals surface area contributed by atoms with E-state index in [0.717, 1.165) is 22.3 Å². The minimum atomic E-state index is -1.64. The number of carboxylic acids is 1. The van der Waals surface area contributed by atoms with Crippen molar-refractivity contribution in [1.82, 2.24) is 21.3 Å². The highest BCUT2D eigenvalue weighted by Crippen LogP contribution is 2.44. The van der Waals surface area contributed by atoms with E-state index in [9.17, 15) is 38.7 Å². The van der Waals surface area contributed by atoms with E-state index in [1.807, 2.05) is 48.5 Å². The molecule has 0 aromatic heterocycles. The van der Waals surface area contributed by atoms with Crippen LogP contribution in [0.5, 0.6) is 0 Å². The third-order valence-electron chi connectivity index (χ3n) is 8.38. The number of carboxylic acid groups (broad SMARTS) is 1. The van der Waals surface area contributed by atoms with Crippen LogP contribution in [0, 0.1) is 0 Å². The van der Waals surface area contributed by atoms with E-state index in [4.69, 9.17) is 16.2 Å². The monoisotopic (exact) mass is 732 g/mol. The van der Waals surface area contributed by atoms with Crippen molar-refractivity contribution in [2.75, 3.05) is 12.4 Å². The SMILES string of the molecule is NC(=O)CC[C@H](NC(=O)[C@H](Cc1ccccc1)NC(=O)OCC1c2ccccc2-c2ccccc21)C(=O)N[C@@H](CC(N)=O)C(=O)N[C@@H](CS)C(=O)O. The number of nitrogens with one attached hydrogen (secondary N) is 4. The molecule has 0 bridgehead atoms. The lowest BCUT2D eigenvalue weighted by atomic mass is 9.98. The predicted octanol–water partition coefficient (Wildman–Crippen LogP) is 0.746. The zero-order valence-corrected chi connectivity index (χ0v) is 28.8. The molecule has 0 aliphatic heterocycles. The van der Waals surface area contributed by atoms with E-state index < -0.39 is 72.2 Å². The fourth-order valence-electron chi connectivity index (χ4n) is 5.81. The van der Waals surface area contributed by atoms with Gasteiger partial charge in [-0.25, -0.2) is 9.59 Å². The number of ether oxygens (including phenoxy) is 1. The molecule has 0 spiro atoms. The third kappa shape index (κ3) is 10.6. The summed E-state index contributed by atoms with van der Waals surface area (Å²) in [6.45, 7) is -0.0253. The Morgan fingerprint density at radius 3 is 1.75 bits per heavy atom. The summed E-state index contributed by atoms with van der Waals surface area (Å²) in [7, 11) is 0. The van der Waals surface area contributed by atoms with Crippen LogP contribution in [0.1, 0.15) is 41.9 Å². The van der Waals surface area contributed by atoms with Gasteiger partial charge in [-0.1, -0.05) is 78.9 Å². The average Bonchev–Trinajstić information content (AvgIpc) is 3.44. The molecule has 52 heavy (non-hydrogen) atoms. The van der Waals surface area contributed by atoms with Crippen LogP contribution in [-0.4, -0.2) is 83.2 Å². The number of rotatable bonds is 18. The lowest BCUT2D eigenvalue weighted by Crippen LogP contribution is -2.58. The van der Waals surface area contributed by atoms with Crippen LogP contribution in [0.15, 0.2) is 78.9 Å². The Labute approximate surface area is 304 Å². The standard InChI is InChI=1S/C36H40N6O9S/c37-30(43)15-14-26(32(45)40-28(17-31(38)44)34(47)41-29(19-52)35(48)49)39-33(46)27(16-20-8-2-1-3-9-20)42-36(50)51-18-25-23-12-6-4-10-21(23)22-11-5-7-13-24(22)25/h1-13,25-29,52H,14-19H2,(H2,37,43)(H2,38,44)(H,39,46)(H,40,45)(H,41,47)(H,42,50)(H,48,49)/t26-,27-,28-,29-/m0/s1. The minimum Gasteiger partial charge on any atom is -0.480 e. The van der Waals surface area contributed by atoms with Crippen LogP contribution in [0.4, 0.5) is 4.79 Å². The van der Waals surface area contributed by atoms with Gasteiger partial charge in [-0.2, -0.15) is 12.6 Å². The van der Waals surface area contributed by atoms with Gasteiger partial charge in [-0.05, 0) is 34.2 Å². The van der Waals surface area contributed by atoms with Crippen molar-refractivity contribution in [3.8, 4) is 11.1 Å². The van der Waals surface area contributed by atoms with Gasteiger partial charge in [0, 0.05) is 24.5 Å². The predicted molar refractivity (Wildman–Crippen MR) is 192 cm³/mol. The highest BCUT2D eigenvalue weighted by molar-refractivity contribution is 7.80. The lowest BCUT2D eigenvalue weighted by molar-refractivity contribution is -0.141. The topological polar surface area (TPSA) is 249 Å². The molecule has 1 aliphatic carbocycles. The molecule has 4 atom stereocenters. The number of carbonyl (C=O) groups excluding carboxylic acids is 6. The summed E-state index contributed by atoms with van der Waals surface area (Å²) in [5.41, 5.74) is 15.3. The summed E-state index contributed by atoms with van der Waals surface area (Å²) in [5, 5.41) is 18.8. The Hall–Kier alpha value is -5.90. The van der Waals surface area contributed by atoms with E-state index in [-0.39, 0.29) is 37.5 Å². The van der Waals surface area contributed by atoms with Gasteiger partial charge >= 0.3 is 12.1 Å². The maximum absolute atomic E-state index is 13.8. The van der Waals surface area contributed by atoms with E-state index in [1.54, 1.807) is 30.3 Å². The number of hydrogen-bond donors (Lipinski definition) is 8. The first-order valence-electron chi connectivity index (χ1n) is 16.3. The molecule has 15 nitrogen and oxygen atoms in total. The van der Waals surface area contributed by atoms with Crippen molar-refractivity contribution < 1.29 is 43.4 Å². The number of amides is 6. The van der Waals surface area contributed by atoms with Gasteiger partial charge in [0.25, 0.3) is 0 Å². The van der Waals surface area contributed by atoms with E-state index >= 15 is 0 Å². The number of aliphatic carboxylic acids is 1. The van der Waals surface area contributed by atoms with E-state index in [1.165, 1.54) is 0 Å². The highest BCUT2D eigenvalue weighted by atomic mass is 32.1. The second-order valence-electron chi connectivity index (χ2n) is 12.1. The fourth-order valence-corrected chi connectivity index (χ4v) is 6.06. The molecule has 0 radical (unpaired) electrons. The van der Waals surface area contributed by atoms with Crippen molar-refractivity contribution in [3.63, 3.8) is 0 Å². The summed E-state index contributed by atoms with van der Waals surface area (Å²) < 4.78 is 5.66. The Morgan fingerprint density at radius 2 is 1.19 bits per heavy atom. The maximum Gasteiger partial charge on any atom is 0.407 e. The van der Waals surface area contributed by atoms with Crippen molar-refractivity contribution in [2.45, 2.75) is 55.8 Å². The smallest absolute Gasteiger partial charge is 0.407 e. The van der Waals surface area contributed by atoms with Gasteiger partial charge in [-0.15, -0.1) is 0 Å². The first-order chi connectivity index (χ1) is 24.9. The second kappa shape index (κ2) is 18.4. The summed E-state index contributed by atoms with van der Waals surface area (Å²) in [6.07, 6.45) is -2.32. The Bertz CT molecular complexity index is 1760. The van der Waals surface area contributed by atoms with Gasteiger partial charge in [0.15, 0.2) is 0 Å². The maximum atomic E-state index is 13.8. The Balaban J connectivity index is 1.51. The van der Waals surface area contributed by atoms with Crippen LogP contribution in [0.2, 0.25) is 0 Å². The number of fused-ring (bicyclic) bond motifs is 3. The van der Waals surface area contributed by atoms with Crippen LogP contribution < -0.4 is 32.7 Å². The summed E-state index contributed by atoms with van der Waals surface area (Å²) in [5.74, 6) is -6.63. The molecule has 4 rings (SSSR count). The van der Waals surface area contributed by atoms with Crippen LogP contribution in [-0.2, 0) is 39.9 Å². The van der Waals surface area contributed by atoms with Gasteiger partial charge in [0.05, 0.1) is 6.42 Å². The largest absolute Gasteiger partial charge is 0.480 e. The third-order valence-corrected chi connectivity index (χ3v) is 8.75. The quantitative estimate of drug-likeness (QED) is 0.0859. The van der Waals surface area contributed by atoms with Gasteiger partial charge in [0.1, 0.15) is 30.8 Å². The molecule has 1 aliphatic rings. The second-order valence-corrected chi connectivity index (χ2v) is 12.5. The number of thiol groups is 1. The number of benzene rings is 3. The lowest BCUT2D eigenvalue weighted by Gasteiger charge is -2.25. The van der Waals surface area contributed by atoms with Gasteiger partial charge in [0.2, 0.25) is 29.5 Å². The van der Waals surface area contributed by atoms with Crippen molar-refractivity contribution in [2.24, 2.45) is 11.5 Å². The molecule has 0 saturated carbocycles. The van der Waals surface area contributed by atoms with Crippen LogP contribution in [0.3, 0.4) is 0 Å². The molecule has 0 unspecified atom stereocenters. The molecule has 16 heteroatoms. The average molecular weight is 733 g/mol. The minimum absolute atomic E-state index is 0.0198.